The number of carbonyl (C=O) groups is 1. The van der Waals surface area contributed by atoms with Gasteiger partial charge in [0, 0.05) is 29.4 Å². The molecule has 0 aliphatic carbocycles. The Labute approximate surface area is 159 Å². The van der Waals surface area contributed by atoms with E-state index in [1.165, 1.54) is 10.9 Å². The fraction of sp³-hybridized carbons (Fsp3) is 0.0800. The van der Waals surface area contributed by atoms with Crippen molar-refractivity contribution in [3.8, 4) is 0 Å². The van der Waals surface area contributed by atoms with E-state index in [1.807, 2.05) is 72.9 Å². The van der Waals surface area contributed by atoms with E-state index in [1.54, 1.807) is 6.08 Å². The summed E-state index contributed by atoms with van der Waals surface area (Å²) in [5.74, 6) is 0.147. The number of fused-ring (bicyclic) bond motifs is 1. The van der Waals surface area contributed by atoms with Crippen LogP contribution in [0.2, 0.25) is 0 Å². The Bertz CT molecular complexity index is 1060. The lowest BCUT2D eigenvalue weighted by molar-refractivity contribution is -0.114. The van der Waals surface area contributed by atoms with Crippen molar-refractivity contribution in [3.05, 3.63) is 114 Å². The fourth-order valence-corrected chi connectivity index (χ4v) is 3.50. The van der Waals surface area contributed by atoms with Gasteiger partial charge in [-0.1, -0.05) is 84.9 Å². The van der Waals surface area contributed by atoms with Crippen molar-refractivity contribution in [3.63, 3.8) is 0 Å². The second kappa shape index (κ2) is 7.88. The number of hydrogen-bond acceptors (Lipinski definition) is 1. The number of carbonyl (C=O) groups excluding carboxylic acids is 1. The summed E-state index contributed by atoms with van der Waals surface area (Å²) < 4.78 is 0. The van der Waals surface area contributed by atoms with Crippen LogP contribution >= 0.6 is 0 Å². The number of aromatic nitrogens is 1. The molecule has 27 heavy (non-hydrogen) atoms. The Balaban J connectivity index is 1.65. The van der Waals surface area contributed by atoms with E-state index in [0.717, 1.165) is 16.6 Å². The zero-order chi connectivity index (χ0) is 18.5. The monoisotopic (exact) mass is 351 g/mol. The molecule has 2 heteroatoms. The Morgan fingerprint density at radius 3 is 2.30 bits per heavy atom. The normalized spacial score (nSPS) is 12.4. The lowest BCUT2D eigenvalue weighted by atomic mass is 9.87. The summed E-state index contributed by atoms with van der Waals surface area (Å²) in [6, 6.07) is 28.4. The molecule has 1 atom stereocenters. The number of aromatic amines is 1. The van der Waals surface area contributed by atoms with E-state index in [2.05, 4.69) is 29.2 Å². The summed E-state index contributed by atoms with van der Waals surface area (Å²) in [7, 11) is 0. The van der Waals surface area contributed by atoms with Gasteiger partial charge in [0.05, 0.1) is 0 Å². The van der Waals surface area contributed by atoms with Crippen molar-refractivity contribution < 1.29 is 4.79 Å². The van der Waals surface area contributed by atoms with Crippen LogP contribution in [0.25, 0.3) is 17.0 Å². The van der Waals surface area contributed by atoms with Gasteiger partial charge in [-0.15, -0.1) is 0 Å². The van der Waals surface area contributed by atoms with E-state index in [4.69, 9.17) is 0 Å². The average molecular weight is 351 g/mol. The smallest absolute Gasteiger partial charge is 0.156 e. The number of ketones is 1. The molecule has 1 unspecified atom stereocenters. The molecule has 0 fully saturated rings. The minimum absolute atomic E-state index is 0.0234. The molecule has 0 saturated heterocycles. The van der Waals surface area contributed by atoms with Crippen molar-refractivity contribution in [1.82, 2.24) is 4.98 Å². The standard InChI is InChI=1S/C25H21NO/c27-21(16-15-19-9-3-1-4-10-19)17-23(20-11-5-2-6-12-20)24-18-26-25-14-8-7-13-22(24)25/h1-16,18,23,26H,17H2/b16-15+. The molecule has 132 valence electrons. The third-order valence-corrected chi connectivity index (χ3v) is 4.87. The van der Waals surface area contributed by atoms with Gasteiger partial charge in [0.25, 0.3) is 0 Å². The summed E-state index contributed by atoms with van der Waals surface area (Å²) in [4.78, 5) is 16.1. The molecule has 0 bridgehead atoms. The fourth-order valence-electron chi connectivity index (χ4n) is 3.50. The molecule has 1 heterocycles. The van der Waals surface area contributed by atoms with E-state index in [-0.39, 0.29) is 11.7 Å². The molecule has 0 amide bonds. The third-order valence-electron chi connectivity index (χ3n) is 4.87. The molecule has 0 radical (unpaired) electrons. The molecule has 1 N–H and O–H groups in total. The van der Waals surface area contributed by atoms with E-state index < -0.39 is 0 Å². The second-order valence-electron chi connectivity index (χ2n) is 6.67. The molecule has 0 aliphatic heterocycles. The largest absolute Gasteiger partial charge is 0.361 e. The van der Waals surface area contributed by atoms with Gasteiger partial charge in [0.15, 0.2) is 5.78 Å². The van der Waals surface area contributed by atoms with Crippen molar-refractivity contribution in [1.29, 1.82) is 0 Å². The Morgan fingerprint density at radius 2 is 1.52 bits per heavy atom. The first-order valence-corrected chi connectivity index (χ1v) is 9.18. The first-order chi connectivity index (χ1) is 13.3. The van der Waals surface area contributed by atoms with Gasteiger partial charge in [-0.2, -0.15) is 0 Å². The number of para-hydroxylation sites is 1. The maximum atomic E-state index is 12.7. The number of rotatable bonds is 6. The van der Waals surface area contributed by atoms with E-state index in [0.29, 0.717) is 6.42 Å². The number of hydrogen-bond donors (Lipinski definition) is 1. The SMILES string of the molecule is O=C(/C=C/c1ccccc1)CC(c1ccccc1)c1c[nH]c2ccccc12. The molecule has 0 saturated carbocycles. The highest BCUT2D eigenvalue weighted by atomic mass is 16.1. The summed E-state index contributed by atoms with van der Waals surface area (Å²) in [5, 5.41) is 1.17. The van der Waals surface area contributed by atoms with Gasteiger partial charge in [-0.3, -0.25) is 4.79 Å². The molecular formula is C25H21NO. The highest BCUT2D eigenvalue weighted by Gasteiger charge is 2.20. The number of benzene rings is 3. The molecule has 2 nitrogen and oxygen atoms in total. The van der Waals surface area contributed by atoms with Crippen LogP contribution in [0.15, 0.2) is 97.2 Å². The number of nitrogens with one attached hydrogen (secondary N) is 1. The topological polar surface area (TPSA) is 32.9 Å². The van der Waals surface area contributed by atoms with Crippen molar-refractivity contribution in [2.24, 2.45) is 0 Å². The second-order valence-corrected chi connectivity index (χ2v) is 6.67. The van der Waals surface area contributed by atoms with Gasteiger partial charge in [0.2, 0.25) is 0 Å². The van der Waals surface area contributed by atoms with E-state index in [9.17, 15) is 4.79 Å². The van der Waals surface area contributed by atoms with Crippen LogP contribution in [0, 0.1) is 0 Å². The third kappa shape index (κ3) is 3.90. The summed E-state index contributed by atoms with van der Waals surface area (Å²) >= 11 is 0. The first-order valence-electron chi connectivity index (χ1n) is 9.18. The van der Waals surface area contributed by atoms with Crippen molar-refractivity contribution in [2.45, 2.75) is 12.3 Å². The highest BCUT2D eigenvalue weighted by molar-refractivity contribution is 5.95. The lowest BCUT2D eigenvalue weighted by Gasteiger charge is -2.16. The van der Waals surface area contributed by atoms with Crippen LogP contribution in [0.1, 0.15) is 29.0 Å². The van der Waals surface area contributed by atoms with Gasteiger partial charge in [-0.05, 0) is 28.8 Å². The molecule has 0 aliphatic rings. The molecule has 1 aromatic heterocycles. The summed E-state index contributed by atoms with van der Waals surface area (Å²) in [6.45, 7) is 0. The van der Waals surface area contributed by atoms with Gasteiger partial charge >= 0.3 is 0 Å². The van der Waals surface area contributed by atoms with Crippen molar-refractivity contribution >= 4 is 22.8 Å². The van der Waals surface area contributed by atoms with E-state index >= 15 is 0 Å². The summed E-state index contributed by atoms with van der Waals surface area (Å²) in [6.07, 6.45) is 6.06. The van der Waals surface area contributed by atoms with Crippen LogP contribution in [-0.4, -0.2) is 10.8 Å². The van der Waals surface area contributed by atoms with Crippen LogP contribution in [-0.2, 0) is 4.79 Å². The Kier molecular flexibility index (Phi) is 4.97. The van der Waals surface area contributed by atoms with Gasteiger partial charge in [-0.25, -0.2) is 0 Å². The molecular weight excluding hydrogens is 330 g/mol. The number of allylic oxidation sites excluding steroid dienone is 1. The van der Waals surface area contributed by atoms with Crippen LogP contribution in [0.4, 0.5) is 0 Å². The average Bonchev–Trinajstić information content (AvgIpc) is 3.16. The molecule has 3 aromatic carbocycles. The predicted molar refractivity (Wildman–Crippen MR) is 112 cm³/mol. The minimum atomic E-state index is 0.0234. The summed E-state index contributed by atoms with van der Waals surface area (Å²) in [5.41, 5.74) is 4.46. The minimum Gasteiger partial charge on any atom is -0.361 e. The van der Waals surface area contributed by atoms with Gasteiger partial charge in [0.1, 0.15) is 0 Å². The zero-order valence-corrected chi connectivity index (χ0v) is 15.0. The van der Waals surface area contributed by atoms with Gasteiger partial charge < -0.3 is 4.98 Å². The molecule has 4 rings (SSSR count). The molecule has 0 spiro atoms. The molecule has 4 aromatic rings. The maximum Gasteiger partial charge on any atom is 0.156 e. The first kappa shape index (κ1) is 17.0. The Hall–Kier alpha value is -3.39. The van der Waals surface area contributed by atoms with Crippen LogP contribution < -0.4 is 0 Å². The highest BCUT2D eigenvalue weighted by Crippen LogP contribution is 2.33. The van der Waals surface area contributed by atoms with Crippen LogP contribution in [0.5, 0.6) is 0 Å². The lowest BCUT2D eigenvalue weighted by Crippen LogP contribution is -2.06. The van der Waals surface area contributed by atoms with Crippen LogP contribution in [0.3, 0.4) is 0 Å². The van der Waals surface area contributed by atoms with Crippen molar-refractivity contribution in [2.75, 3.05) is 0 Å². The number of H-pyrrole nitrogens is 1. The maximum absolute atomic E-state index is 12.7. The predicted octanol–water partition coefficient (Wildman–Crippen LogP) is 5.97. The Morgan fingerprint density at radius 1 is 0.852 bits per heavy atom. The quantitative estimate of drug-likeness (QED) is 0.426. The zero-order valence-electron chi connectivity index (χ0n) is 15.0.